The lowest BCUT2D eigenvalue weighted by Gasteiger charge is -2.35. The van der Waals surface area contributed by atoms with Crippen LogP contribution in [-0.2, 0) is 36.8 Å². The molecule has 1 aliphatic carbocycles. The van der Waals surface area contributed by atoms with Crippen molar-refractivity contribution in [1.82, 2.24) is 25.1 Å². The van der Waals surface area contributed by atoms with Crippen molar-refractivity contribution in [2.45, 2.75) is 81.7 Å². The van der Waals surface area contributed by atoms with Crippen molar-refractivity contribution in [2.24, 2.45) is 4.99 Å². The Morgan fingerprint density at radius 2 is 1.70 bits per heavy atom. The highest BCUT2D eigenvalue weighted by Crippen LogP contribution is 2.57. The van der Waals surface area contributed by atoms with Gasteiger partial charge in [0.05, 0.1) is 60.7 Å². The van der Waals surface area contributed by atoms with E-state index in [9.17, 15) is 14.3 Å². The van der Waals surface area contributed by atoms with E-state index in [-0.39, 0.29) is 38.0 Å². The van der Waals surface area contributed by atoms with Gasteiger partial charge in [0, 0.05) is 74.4 Å². The molecule has 4 aromatic rings. The largest absolute Gasteiger partial charge is 0.490 e. The number of nitrogens with one attached hydrogen (secondary N) is 1. The number of alkyl halides is 1. The number of thioether (sulfide) groups is 1. The molecule has 1 saturated carbocycles. The number of halogens is 4. The van der Waals surface area contributed by atoms with Crippen LogP contribution in [0.25, 0.3) is 10.5 Å². The molecule has 0 spiro atoms. The predicted octanol–water partition coefficient (Wildman–Crippen LogP) is 9.05. The van der Waals surface area contributed by atoms with Crippen LogP contribution >= 0.6 is 35.0 Å². The van der Waals surface area contributed by atoms with E-state index < -0.39 is 35.0 Å². The number of rotatable bonds is 16. The molecule has 15 nitrogen and oxygen atoms in total. The molecule has 74 heavy (non-hydrogen) atoms. The van der Waals surface area contributed by atoms with E-state index >= 15 is 4.39 Å². The minimum absolute atomic E-state index is 0.00379. The van der Waals surface area contributed by atoms with Crippen molar-refractivity contribution >= 4 is 57.7 Å². The second-order valence-corrected chi connectivity index (χ2v) is 21.1. The lowest BCUT2D eigenvalue weighted by Crippen LogP contribution is -2.49. The predicted molar refractivity (Wildman–Crippen MR) is 281 cm³/mol. The molecule has 1 unspecified atom stereocenters. The lowest BCUT2D eigenvalue weighted by molar-refractivity contribution is -0.148. The number of piperazine rings is 1. The topological polar surface area (TPSA) is 159 Å². The Morgan fingerprint density at radius 3 is 2.43 bits per heavy atom. The molecule has 3 aromatic carbocycles. The van der Waals surface area contributed by atoms with Crippen LogP contribution in [0.2, 0.25) is 10.0 Å². The van der Waals surface area contributed by atoms with Gasteiger partial charge < -0.3 is 48.5 Å². The molecule has 1 saturated heterocycles. The molecule has 5 aliphatic heterocycles. The maximum atomic E-state index is 15.8. The molecule has 0 radical (unpaired) electrons. The Bertz CT molecular complexity index is 2730. The molecule has 6 heterocycles. The van der Waals surface area contributed by atoms with E-state index in [1.165, 1.54) is 30.2 Å². The summed E-state index contributed by atoms with van der Waals surface area (Å²) < 4.78 is 72.7. The molecule has 396 valence electrons. The molecule has 2 N–H and O–H groups in total. The molecule has 3 atom stereocenters. The summed E-state index contributed by atoms with van der Waals surface area (Å²) in [5.74, 6) is 0.285. The van der Waals surface area contributed by atoms with Crippen molar-refractivity contribution in [3.05, 3.63) is 121 Å². The number of fused-ring (bicyclic) bond motifs is 7. The van der Waals surface area contributed by atoms with Gasteiger partial charge in [-0.3, -0.25) is 9.89 Å². The number of methoxy groups -OCH3 is 1. The standard InChI is InChI=1S/C54H62Cl2F2N6O9S/c1-32-43-33(2)47(56)48(46(32)55)72-40(27-64-19-17-63(3)18-20-64)29-70-39-9-10-41(71-28-38-13-16-59-50(62-38)35-11-14-54(58,15-12-35)30-69-24-23-68-22-21-67-4)36(25-39)26-42(53(65)66)73-51-45-44(43)49(74-52(45)61-31-60-51)34-5-7-37(57)8-6-34/h5-10,13,16,25,31,35,40,42,52H,11-12,14-15,17-24,26-30H2,1-4H3,(H,60,61)(H,65,66)/t35?,40-,42-,52?,54?/m1/s1. The number of aromatic nitrogens is 2. The number of ether oxygens (including phenoxy) is 7. The van der Waals surface area contributed by atoms with Crippen LogP contribution < -0.4 is 19.5 Å². The number of carboxylic acids is 1. The van der Waals surface area contributed by atoms with Crippen LogP contribution in [-0.4, -0.2) is 147 Å². The first kappa shape index (κ1) is 53.8. The average molecular weight is 1080 g/mol. The summed E-state index contributed by atoms with van der Waals surface area (Å²) in [6.07, 6.45) is 2.79. The Hall–Kier alpha value is -5.05. The zero-order valence-electron chi connectivity index (χ0n) is 42.0. The van der Waals surface area contributed by atoms with Crippen molar-refractivity contribution in [3.8, 4) is 17.2 Å². The molecule has 1 aromatic heterocycles. The molecular formula is C54H62Cl2F2N6O9S. The van der Waals surface area contributed by atoms with Gasteiger partial charge in [-0.2, -0.15) is 0 Å². The quantitative estimate of drug-likeness (QED) is 0.102. The third-order valence-corrected chi connectivity index (χ3v) is 16.2. The number of carbonyl (C=O) groups is 1. The number of aliphatic imine (C=N–C) groups is 1. The summed E-state index contributed by atoms with van der Waals surface area (Å²) in [7, 11) is 3.71. The van der Waals surface area contributed by atoms with E-state index in [0.29, 0.717) is 136 Å². The van der Waals surface area contributed by atoms with Crippen LogP contribution in [0.3, 0.4) is 0 Å². The van der Waals surface area contributed by atoms with Crippen molar-refractivity contribution in [3.63, 3.8) is 0 Å². The molecule has 2 fully saturated rings. The van der Waals surface area contributed by atoms with Crippen LogP contribution in [0.4, 0.5) is 8.78 Å². The van der Waals surface area contributed by atoms with Gasteiger partial charge in [0.25, 0.3) is 0 Å². The monoisotopic (exact) mass is 1080 g/mol. The highest BCUT2D eigenvalue weighted by molar-refractivity contribution is 8.09. The minimum atomic E-state index is -1.45. The highest BCUT2D eigenvalue weighted by Gasteiger charge is 2.41. The van der Waals surface area contributed by atoms with Crippen molar-refractivity contribution in [2.75, 3.05) is 86.5 Å². The van der Waals surface area contributed by atoms with Gasteiger partial charge in [-0.1, -0.05) is 47.1 Å². The van der Waals surface area contributed by atoms with E-state index in [0.717, 1.165) is 31.1 Å². The van der Waals surface area contributed by atoms with E-state index in [4.69, 9.17) is 66.3 Å². The molecular weight excluding hydrogens is 1020 g/mol. The maximum absolute atomic E-state index is 15.8. The molecule has 4 bridgehead atoms. The zero-order chi connectivity index (χ0) is 51.9. The van der Waals surface area contributed by atoms with E-state index in [1.54, 1.807) is 49.7 Å². The van der Waals surface area contributed by atoms with Gasteiger partial charge in [0.1, 0.15) is 53.5 Å². The fraction of sp³-hybridized carbons (Fsp3) is 0.481. The number of likely N-dealkylation sites (N-methyl/N-ethyl adjacent to an activating group) is 1. The van der Waals surface area contributed by atoms with Crippen LogP contribution in [0.5, 0.6) is 17.2 Å². The van der Waals surface area contributed by atoms with E-state index in [1.807, 2.05) is 13.8 Å². The fourth-order valence-corrected chi connectivity index (χ4v) is 11.7. The van der Waals surface area contributed by atoms with Gasteiger partial charge >= 0.3 is 5.97 Å². The second-order valence-electron chi connectivity index (χ2n) is 19.3. The van der Waals surface area contributed by atoms with Gasteiger partial charge in [0.15, 0.2) is 11.6 Å². The number of hydrogen-bond acceptors (Lipinski definition) is 15. The fourth-order valence-electron chi connectivity index (χ4n) is 9.88. The first-order valence-corrected chi connectivity index (χ1v) is 26.6. The summed E-state index contributed by atoms with van der Waals surface area (Å²) in [4.78, 5) is 33.0. The first-order valence-electron chi connectivity index (χ1n) is 25.0. The summed E-state index contributed by atoms with van der Waals surface area (Å²) in [6.45, 7) is 9.49. The molecule has 0 amide bonds. The Labute approximate surface area is 444 Å². The lowest BCUT2D eigenvalue weighted by atomic mass is 9.80. The summed E-state index contributed by atoms with van der Waals surface area (Å²) in [5, 5.41) is 14.1. The zero-order valence-corrected chi connectivity index (χ0v) is 44.3. The second kappa shape index (κ2) is 24.3. The first-order chi connectivity index (χ1) is 35.8. The third-order valence-electron chi connectivity index (χ3n) is 14.1. The van der Waals surface area contributed by atoms with Gasteiger partial charge in [-0.05, 0) is 105 Å². The number of nitrogens with zero attached hydrogens (tertiary/aromatic N) is 5. The van der Waals surface area contributed by atoms with Crippen LogP contribution in [0, 0.1) is 19.7 Å². The molecule has 20 heteroatoms. The average Bonchev–Trinajstić information content (AvgIpc) is 3.78. The third kappa shape index (κ3) is 12.6. The smallest absolute Gasteiger partial charge is 0.345 e. The normalized spacial score (nSPS) is 23.4. The summed E-state index contributed by atoms with van der Waals surface area (Å²) >= 11 is 16.1. The SMILES string of the molecule is COCCOCCOCC1(F)CCC(c2nccc(COc3ccc4cc3C[C@H](C(=O)O)OC3=C5C(=C(c6ccc(F)cc6)SC5N=CN3)c3c(C)c(Cl)c(c(Cl)c3C)O[C@H](CN3CCN(C)CC3)CO4)n2)CC1. The number of hydrogen-bond donors (Lipinski definition) is 2. The number of benzene rings is 3. The Kier molecular flexibility index (Phi) is 17.7. The van der Waals surface area contributed by atoms with Crippen molar-refractivity contribution in [1.29, 1.82) is 0 Å². The molecule has 10 rings (SSSR count). The summed E-state index contributed by atoms with van der Waals surface area (Å²) in [6, 6.07) is 13.2. The maximum Gasteiger partial charge on any atom is 0.345 e. The van der Waals surface area contributed by atoms with Gasteiger partial charge in [-0.15, -0.1) is 0 Å². The van der Waals surface area contributed by atoms with Gasteiger partial charge in [0.2, 0.25) is 6.10 Å². The van der Waals surface area contributed by atoms with Crippen molar-refractivity contribution < 1.29 is 51.8 Å². The van der Waals surface area contributed by atoms with Gasteiger partial charge in [-0.25, -0.2) is 23.5 Å². The van der Waals surface area contributed by atoms with Crippen LogP contribution in [0.15, 0.2) is 71.2 Å². The minimum Gasteiger partial charge on any atom is -0.490 e. The summed E-state index contributed by atoms with van der Waals surface area (Å²) in [5.41, 5.74) is 3.64. The highest BCUT2D eigenvalue weighted by atomic mass is 35.5. The number of aliphatic carboxylic acids is 1. The number of carboxylic acid groups (broad SMARTS) is 1. The Morgan fingerprint density at radius 1 is 0.973 bits per heavy atom. The van der Waals surface area contributed by atoms with Crippen LogP contribution in [0.1, 0.15) is 70.9 Å². The Balaban J connectivity index is 1.02. The molecule has 6 aliphatic rings. The van der Waals surface area contributed by atoms with E-state index in [2.05, 4.69) is 27.1 Å².